The summed E-state index contributed by atoms with van der Waals surface area (Å²) in [5.74, 6) is 0.590. The molecule has 0 unspecified atom stereocenters. The first-order chi connectivity index (χ1) is 12.7. The van der Waals surface area contributed by atoms with Crippen LogP contribution in [0.3, 0.4) is 0 Å². The third kappa shape index (κ3) is 3.31. The van der Waals surface area contributed by atoms with Crippen molar-refractivity contribution in [1.82, 2.24) is 9.88 Å². The predicted molar refractivity (Wildman–Crippen MR) is 90.1 cm³/mol. The van der Waals surface area contributed by atoms with Gasteiger partial charge in [0.05, 0.1) is 32.4 Å². The van der Waals surface area contributed by atoms with Gasteiger partial charge in [-0.1, -0.05) is 0 Å². The van der Waals surface area contributed by atoms with Gasteiger partial charge < -0.3 is 18.8 Å². The molecule has 1 amide bonds. The van der Waals surface area contributed by atoms with E-state index in [1.807, 2.05) is 0 Å². The lowest BCUT2D eigenvalue weighted by Gasteiger charge is -2.50. The van der Waals surface area contributed by atoms with Crippen molar-refractivity contribution in [1.29, 1.82) is 0 Å². The van der Waals surface area contributed by atoms with E-state index in [0.29, 0.717) is 38.0 Å². The molecule has 0 aromatic carbocycles. The molecule has 2 aliphatic rings. The number of likely N-dealkylation sites (tertiary alicyclic amines) is 1. The molecule has 0 N–H and O–H groups in total. The molecule has 1 spiro atoms. The minimum Gasteiger partial charge on any atom is -0.476 e. The van der Waals surface area contributed by atoms with Gasteiger partial charge in [0.1, 0.15) is 11.4 Å². The standard InChI is InChI=1S/C19H21FN2O4/c20-16-4-1-7-21-18(16)25-9-5-14-6-10-26-19(14)12-22(13-19)17(23)11-15-3-2-8-24-15/h1-4,7-8,14H,5-6,9-13H2/t14-/m1/s1. The van der Waals surface area contributed by atoms with Crippen LogP contribution in [0.25, 0.3) is 0 Å². The van der Waals surface area contributed by atoms with Crippen molar-refractivity contribution in [3.8, 4) is 5.88 Å². The number of pyridine rings is 1. The summed E-state index contributed by atoms with van der Waals surface area (Å²) in [5.41, 5.74) is -0.287. The Morgan fingerprint density at radius 3 is 3.04 bits per heavy atom. The maximum atomic E-state index is 13.6. The molecule has 0 radical (unpaired) electrons. The van der Waals surface area contributed by atoms with Gasteiger partial charge in [0.2, 0.25) is 11.8 Å². The summed E-state index contributed by atoms with van der Waals surface area (Å²) in [6.45, 7) is 2.25. The van der Waals surface area contributed by atoms with Crippen LogP contribution in [0.5, 0.6) is 5.88 Å². The van der Waals surface area contributed by atoms with Crippen LogP contribution in [0.4, 0.5) is 4.39 Å². The first-order valence-corrected chi connectivity index (χ1v) is 8.84. The van der Waals surface area contributed by atoms with Crippen LogP contribution in [0.2, 0.25) is 0 Å². The highest BCUT2D eigenvalue weighted by molar-refractivity contribution is 5.79. The molecule has 0 saturated carbocycles. The second-order valence-corrected chi connectivity index (χ2v) is 6.83. The van der Waals surface area contributed by atoms with Gasteiger partial charge in [0.15, 0.2) is 5.82 Å². The van der Waals surface area contributed by atoms with E-state index in [2.05, 4.69) is 4.98 Å². The van der Waals surface area contributed by atoms with E-state index in [0.717, 1.165) is 12.8 Å². The Kier molecular flexibility index (Phi) is 4.63. The molecule has 2 aromatic heterocycles. The second-order valence-electron chi connectivity index (χ2n) is 6.83. The molecule has 2 aromatic rings. The largest absolute Gasteiger partial charge is 0.476 e. The third-order valence-corrected chi connectivity index (χ3v) is 5.20. The van der Waals surface area contributed by atoms with Gasteiger partial charge in [-0.05, 0) is 43.0 Å². The van der Waals surface area contributed by atoms with E-state index in [4.69, 9.17) is 13.9 Å². The minimum absolute atomic E-state index is 0.0318. The molecular formula is C19H21FN2O4. The average molecular weight is 360 g/mol. The molecule has 26 heavy (non-hydrogen) atoms. The molecule has 7 heteroatoms. The van der Waals surface area contributed by atoms with Gasteiger partial charge in [-0.2, -0.15) is 0 Å². The van der Waals surface area contributed by atoms with E-state index < -0.39 is 5.82 Å². The molecule has 4 heterocycles. The summed E-state index contributed by atoms with van der Waals surface area (Å²) >= 11 is 0. The summed E-state index contributed by atoms with van der Waals surface area (Å²) in [6, 6.07) is 6.44. The van der Waals surface area contributed by atoms with Gasteiger partial charge in [-0.25, -0.2) is 9.37 Å². The summed E-state index contributed by atoms with van der Waals surface area (Å²) in [5, 5.41) is 0. The van der Waals surface area contributed by atoms with Gasteiger partial charge in [0.25, 0.3) is 0 Å². The molecule has 0 bridgehead atoms. The number of nitrogens with zero attached hydrogens (tertiary/aromatic N) is 2. The van der Waals surface area contributed by atoms with E-state index in [1.165, 1.54) is 18.3 Å². The number of furan rings is 1. The molecular weight excluding hydrogens is 339 g/mol. The fraction of sp³-hybridized carbons (Fsp3) is 0.474. The summed E-state index contributed by atoms with van der Waals surface area (Å²) < 4.78 is 30.2. The Morgan fingerprint density at radius 2 is 2.27 bits per heavy atom. The number of carbonyl (C=O) groups excluding carboxylic acids is 1. The smallest absolute Gasteiger partial charge is 0.250 e. The Labute approximate surface area is 150 Å². The van der Waals surface area contributed by atoms with Crippen LogP contribution in [0.15, 0.2) is 41.1 Å². The summed E-state index contributed by atoms with van der Waals surface area (Å²) in [7, 11) is 0. The van der Waals surface area contributed by atoms with Crippen molar-refractivity contribution in [3.05, 3.63) is 48.3 Å². The zero-order valence-electron chi connectivity index (χ0n) is 14.4. The number of aromatic nitrogens is 1. The lowest BCUT2D eigenvalue weighted by atomic mass is 9.79. The van der Waals surface area contributed by atoms with Crippen LogP contribution in [0.1, 0.15) is 18.6 Å². The zero-order valence-corrected chi connectivity index (χ0v) is 14.4. The minimum atomic E-state index is -0.455. The molecule has 4 rings (SSSR count). The lowest BCUT2D eigenvalue weighted by molar-refractivity contribution is -0.165. The third-order valence-electron chi connectivity index (χ3n) is 5.20. The van der Waals surface area contributed by atoms with E-state index in [9.17, 15) is 9.18 Å². The van der Waals surface area contributed by atoms with Crippen molar-refractivity contribution in [2.75, 3.05) is 26.3 Å². The molecule has 2 fully saturated rings. The Hall–Kier alpha value is -2.41. The SMILES string of the molecule is O=C(Cc1ccco1)N1CC2(C1)OCC[C@H]2CCOc1ncccc1F. The van der Waals surface area contributed by atoms with E-state index in [-0.39, 0.29) is 23.8 Å². The average Bonchev–Trinajstić information content (AvgIpc) is 3.24. The maximum Gasteiger partial charge on any atom is 0.250 e. The number of ether oxygens (including phenoxy) is 2. The van der Waals surface area contributed by atoms with Gasteiger partial charge in [0, 0.05) is 12.8 Å². The second kappa shape index (κ2) is 7.07. The van der Waals surface area contributed by atoms with Crippen molar-refractivity contribution in [2.45, 2.75) is 24.9 Å². The van der Waals surface area contributed by atoms with E-state index in [1.54, 1.807) is 23.3 Å². The van der Waals surface area contributed by atoms with Crippen LogP contribution < -0.4 is 4.74 Å². The van der Waals surface area contributed by atoms with Crippen molar-refractivity contribution < 1.29 is 23.1 Å². The highest BCUT2D eigenvalue weighted by Gasteiger charge is 2.54. The predicted octanol–water partition coefficient (Wildman–Crippen LogP) is 2.44. The Morgan fingerprint density at radius 1 is 1.38 bits per heavy atom. The Bertz CT molecular complexity index is 759. The molecule has 138 valence electrons. The molecule has 0 aliphatic carbocycles. The highest BCUT2D eigenvalue weighted by atomic mass is 19.1. The number of amides is 1. The molecule has 2 saturated heterocycles. The number of rotatable bonds is 6. The van der Waals surface area contributed by atoms with Gasteiger partial charge in [-0.15, -0.1) is 0 Å². The fourth-order valence-corrected chi connectivity index (χ4v) is 3.77. The topological polar surface area (TPSA) is 64.8 Å². The lowest BCUT2D eigenvalue weighted by Crippen LogP contribution is -2.66. The van der Waals surface area contributed by atoms with Crippen LogP contribution in [0, 0.1) is 11.7 Å². The van der Waals surface area contributed by atoms with Crippen LogP contribution in [-0.4, -0.2) is 47.7 Å². The van der Waals surface area contributed by atoms with Gasteiger partial charge >= 0.3 is 0 Å². The zero-order chi connectivity index (χ0) is 18.0. The number of hydrogen-bond acceptors (Lipinski definition) is 5. The Balaban J connectivity index is 1.28. The monoisotopic (exact) mass is 360 g/mol. The number of carbonyl (C=O) groups is 1. The fourth-order valence-electron chi connectivity index (χ4n) is 3.77. The first kappa shape index (κ1) is 17.0. The van der Waals surface area contributed by atoms with Gasteiger partial charge in [-0.3, -0.25) is 4.79 Å². The molecule has 2 aliphatic heterocycles. The summed E-state index contributed by atoms with van der Waals surface area (Å²) in [4.78, 5) is 18.0. The normalized spacial score (nSPS) is 21.0. The van der Waals surface area contributed by atoms with Crippen molar-refractivity contribution in [3.63, 3.8) is 0 Å². The van der Waals surface area contributed by atoms with E-state index >= 15 is 0 Å². The maximum absolute atomic E-state index is 13.6. The van der Waals surface area contributed by atoms with Crippen LogP contribution >= 0.6 is 0 Å². The quantitative estimate of drug-likeness (QED) is 0.792. The summed E-state index contributed by atoms with van der Waals surface area (Å²) in [6.07, 6.45) is 5.02. The van der Waals surface area contributed by atoms with Crippen LogP contribution in [-0.2, 0) is 16.0 Å². The number of hydrogen-bond donors (Lipinski definition) is 0. The highest BCUT2D eigenvalue weighted by Crippen LogP contribution is 2.41. The van der Waals surface area contributed by atoms with Crippen molar-refractivity contribution in [2.24, 2.45) is 5.92 Å². The first-order valence-electron chi connectivity index (χ1n) is 8.84. The molecule has 6 nitrogen and oxygen atoms in total. The number of halogens is 1. The molecule has 1 atom stereocenters. The van der Waals surface area contributed by atoms with Crippen molar-refractivity contribution >= 4 is 5.91 Å².